The first-order chi connectivity index (χ1) is 20.0. The van der Waals surface area contributed by atoms with Gasteiger partial charge in [-0.25, -0.2) is 4.79 Å². The highest BCUT2D eigenvalue weighted by Gasteiger charge is 2.69. The number of halogens is 3. The number of carbonyl (C=O) groups excluding carboxylic acids is 2. The lowest BCUT2D eigenvalue weighted by Crippen LogP contribution is -2.46. The Morgan fingerprint density at radius 2 is 1.71 bits per heavy atom. The lowest BCUT2D eigenvalue weighted by molar-refractivity contribution is -0.199. The molecule has 1 aliphatic heterocycles. The Morgan fingerprint density at radius 1 is 0.976 bits per heavy atom. The highest BCUT2D eigenvalue weighted by Crippen LogP contribution is 2.59. The quantitative estimate of drug-likeness (QED) is 0.361. The van der Waals surface area contributed by atoms with E-state index < -0.39 is 23.5 Å². The Balaban J connectivity index is 1.30. The summed E-state index contributed by atoms with van der Waals surface area (Å²) in [6.07, 6.45) is -3.92. The number of nitrogens with one attached hydrogen (secondary N) is 1. The van der Waals surface area contributed by atoms with Gasteiger partial charge in [-0.2, -0.15) is 13.2 Å². The molecule has 1 heterocycles. The van der Waals surface area contributed by atoms with E-state index in [1.807, 2.05) is 48.5 Å². The number of fused-ring (bicyclic) bond motifs is 1. The average Bonchev–Trinajstić information content (AvgIpc) is 3.89. The number of nitrogens with zero attached hydrogens (tertiary/aromatic N) is 1. The van der Waals surface area contributed by atoms with Crippen molar-refractivity contribution < 1.29 is 32.7 Å². The zero-order valence-electron chi connectivity index (χ0n) is 23.1. The van der Waals surface area contributed by atoms with E-state index >= 15 is 0 Å². The van der Waals surface area contributed by atoms with Crippen molar-refractivity contribution in [2.24, 2.45) is 11.3 Å². The second-order valence-corrected chi connectivity index (χ2v) is 11.6. The number of benzene rings is 3. The molecule has 0 bridgehead atoms. The molecule has 218 valence electrons. The highest BCUT2D eigenvalue weighted by molar-refractivity contribution is 5.92. The Labute approximate surface area is 241 Å². The lowest BCUT2D eigenvalue weighted by atomic mass is 9.85. The van der Waals surface area contributed by atoms with Crippen LogP contribution in [0.5, 0.6) is 0 Å². The van der Waals surface area contributed by atoms with Crippen molar-refractivity contribution in [3.63, 3.8) is 0 Å². The number of aromatic carboxylic acids is 1. The smallest absolute Gasteiger partial charge is 0.403 e. The van der Waals surface area contributed by atoms with Crippen LogP contribution in [0.3, 0.4) is 0 Å². The van der Waals surface area contributed by atoms with Gasteiger partial charge in [0.1, 0.15) is 5.41 Å². The molecule has 3 aromatic rings. The molecule has 6 nitrogen and oxygen atoms in total. The minimum Gasteiger partial charge on any atom is -0.478 e. The largest absolute Gasteiger partial charge is 0.478 e. The number of alkyl halides is 3. The van der Waals surface area contributed by atoms with E-state index in [4.69, 9.17) is 0 Å². The molecule has 0 aromatic heterocycles. The van der Waals surface area contributed by atoms with Gasteiger partial charge in [-0.1, -0.05) is 54.6 Å². The molecule has 2 atom stereocenters. The van der Waals surface area contributed by atoms with E-state index in [2.05, 4.69) is 5.32 Å². The molecule has 3 aromatic carbocycles. The maximum Gasteiger partial charge on any atom is 0.403 e. The number of hydrogen-bond acceptors (Lipinski definition) is 3. The molecule has 2 unspecified atom stereocenters. The summed E-state index contributed by atoms with van der Waals surface area (Å²) in [7, 11) is 0. The SMILES string of the molecule is Cc1c(C(=O)O)cccc1-c1ccc(CNC(=O)C2CC2c2ccccc2)c2c1CCN(C(=O)C1(C(F)(F)F)CC1)C2. The third-order valence-corrected chi connectivity index (χ3v) is 9.16. The van der Waals surface area contributed by atoms with Gasteiger partial charge in [0.05, 0.1) is 5.56 Å². The zero-order valence-corrected chi connectivity index (χ0v) is 23.1. The van der Waals surface area contributed by atoms with E-state index in [1.54, 1.807) is 13.0 Å². The fourth-order valence-electron chi connectivity index (χ4n) is 6.40. The number of carboxylic acids is 1. The molecular weight excluding hydrogens is 545 g/mol. The standard InChI is InChI=1S/C33H31F3N2O4/c1-19-22(8-5-9-23(19)30(40)41)24-11-10-21(17-37-29(39)27-16-26(27)20-6-3-2-4-7-20)28-18-38(15-12-25(24)28)31(42)32(13-14-32)33(34,35)36/h2-11,26-27H,12-18H2,1H3,(H,37,39)(H,40,41). The van der Waals surface area contributed by atoms with Gasteiger partial charge in [0, 0.05) is 25.6 Å². The predicted molar refractivity (Wildman–Crippen MR) is 150 cm³/mol. The molecular formula is C33H31F3N2O4. The molecule has 6 rings (SSSR count). The van der Waals surface area contributed by atoms with Crippen LogP contribution in [0.15, 0.2) is 60.7 Å². The van der Waals surface area contributed by atoms with E-state index in [9.17, 15) is 32.7 Å². The first-order valence-electron chi connectivity index (χ1n) is 14.2. The van der Waals surface area contributed by atoms with Gasteiger partial charge in [0.25, 0.3) is 0 Å². The second kappa shape index (κ2) is 10.3. The minimum atomic E-state index is -4.60. The number of hydrogen-bond donors (Lipinski definition) is 2. The van der Waals surface area contributed by atoms with Crippen molar-refractivity contribution in [2.75, 3.05) is 6.54 Å². The summed E-state index contributed by atoms with van der Waals surface area (Å²) in [5, 5.41) is 12.7. The van der Waals surface area contributed by atoms with Crippen LogP contribution in [0.1, 0.15) is 63.4 Å². The van der Waals surface area contributed by atoms with Crippen LogP contribution in [-0.2, 0) is 29.1 Å². The summed E-state index contributed by atoms with van der Waals surface area (Å²) in [5.74, 6) is -1.99. The fourth-order valence-corrected chi connectivity index (χ4v) is 6.40. The van der Waals surface area contributed by atoms with Crippen molar-refractivity contribution in [1.29, 1.82) is 0 Å². The molecule has 2 saturated carbocycles. The van der Waals surface area contributed by atoms with E-state index in [0.717, 1.165) is 34.2 Å². The molecule has 0 saturated heterocycles. The average molecular weight is 577 g/mol. The number of carboxylic acid groups (broad SMARTS) is 1. The Bertz CT molecular complexity index is 1580. The van der Waals surface area contributed by atoms with Crippen LogP contribution >= 0.6 is 0 Å². The molecule has 2 aliphatic carbocycles. The Morgan fingerprint density at radius 3 is 2.38 bits per heavy atom. The topological polar surface area (TPSA) is 86.7 Å². The highest BCUT2D eigenvalue weighted by atomic mass is 19.4. The van der Waals surface area contributed by atoms with Gasteiger partial charge >= 0.3 is 12.1 Å². The third-order valence-electron chi connectivity index (χ3n) is 9.16. The lowest BCUT2D eigenvalue weighted by Gasteiger charge is -2.35. The van der Waals surface area contributed by atoms with Crippen LogP contribution in [-0.4, -0.2) is 40.5 Å². The maximum atomic E-state index is 13.8. The van der Waals surface area contributed by atoms with Crippen LogP contribution in [0.4, 0.5) is 13.2 Å². The summed E-state index contributed by atoms with van der Waals surface area (Å²) in [6, 6.07) is 18.6. The summed E-state index contributed by atoms with van der Waals surface area (Å²) in [5.41, 5.74) is 3.39. The van der Waals surface area contributed by atoms with Crippen molar-refractivity contribution in [3.8, 4) is 11.1 Å². The summed E-state index contributed by atoms with van der Waals surface area (Å²) < 4.78 is 41.4. The Kier molecular flexibility index (Phi) is 6.86. The van der Waals surface area contributed by atoms with Crippen molar-refractivity contribution in [2.45, 2.75) is 57.8 Å². The van der Waals surface area contributed by atoms with Crippen LogP contribution in [0, 0.1) is 18.3 Å². The maximum absolute atomic E-state index is 13.8. The number of rotatable bonds is 7. The van der Waals surface area contributed by atoms with Gasteiger partial charge in [-0.3, -0.25) is 9.59 Å². The monoisotopic (exact) mass is 576 g/mol. The van der Waals surface area contributed by atoms with Gasteiger partial charge in [0.2, 0.25) is 11.8 Å². The van der Waals surface area contributed by atoms with Crippen molar-refractivity contribution >= 4 is 17.8 Å². The summed E-state index contributed by atoms with van der Waals surface area (Å²) in [6.45, 7) is 2.04. The minimum absolute atomic E-state index is 0.00121. The molecule has 2 N–H and O–H groups in total. The first-order valence-corrected chi connectivity index (χ1v) is 14.2. The van der Waals surface area contributed by atoms with Gasteiger partial charge in [0.15, 0.2) is 0 Å². The van der Waals surface area contributed by atoms with E-state index in [1.165, 1.54) is 11.0 Å². The van der Waals surface area contributed by atoms with Crippen molar-refractivity contribution in [3.05, 3.63) is 94.0 Å². The van der Waals surface area contributed by atoms with Gasteiger partial charge in [-0.15, -0.1) is 0 Å². The van der Waals surface area contributed by atoms with E-state index in [-0.39, 0.29) is 55.8 Å². The van der Waals surface area contributed by atoms with Gasteiger partial charge < -0.3 is 15.3 Å². The molecule has 3 aliphatic rings. The Hall–Kier alpha value is -4.14. The van der Waals surface area contributed by atoms with Gasteiger partial charge in [-0.05, 0) is 83.5 Å². The third kappa shape index (κ3) is 4.84. The summed E-state index contributed by atoms with van der Waals surface area (Å²) in [4.78, 5) is 39.3. The molecule has 0 radical (unpaired) electrons. The number of amides is 2. The first kappa shape index (κ1) is 28.0. The number of carbonyl (C=O) groups is 3. The predicted octanol–water partition coefficient (Wildman–Crippen LogP) is 6.01. The van der Waals surface area contributed by atoms with Crippen LogP contribution < -0.4 is 5.32 Å². The van der Waals surface area contributed by atoms with Crippen LogP contribution in [0.25, 0.3) is 11.1 Å². The molecule has 2 fully saturated rings. The van der Waals surface area contributed by atoms with Crippen molar-refractivity contribution in [1.82, 2.24) is 10.2 Å². The normalized spacial score (nSPS) is 20.4. The molecule has 42 heavy (non-hydrogen) atoms. The molecule has 9 heteroatoms. The van der Waals surface area contributed by atoms with Crippen LogP contribution in [0.2, 0.25) is 0 Å². The van der Waals surface area contributed by atoms with E-state index in [0.29, 0.717) is 17.5 Å². The molecule has 2 amide bonds. The zero-order chi connectivity index (χ0) is 29.8. The second-order valence-electron chi connectivity index (χ2n) is 11.6. The summed E-state index contributed by atoms with van der Waals surface area (Å²) >= 11 is 0. The molecule has 0 spiro atoms. The fraction of sp³-hybridized carbons (Fsp3) is 0.364.